The molecule has 0 atom stereocenters. The maximum Gasteiger partial charge on any atom is 0.0604 e. The minimum Gasteiger partial charge on any atom is -0.395 e. The lowest BCUT2D eigenvalue weighted by molar-refractivity contribution is 0.311. The molecule has 2 N–H and O–H groups in total. The van der Waals surface area contributed by atoms with Gasteiger partial charge < -0.3 is 10.4 Å². The predicted octanol–water partition coefficient (Wildman–Crippen LogP) is 1.69. The number of hydrogen-bond donors (Lipinski definition) is 3. The van der Waals surface area contributed by atoms with Crippen LogP contribution in [-0.4, -0.2) is 18.3 Å². The molecule has 0 bridgehead atoms. The van der Waals surface area contributed by atoms with Gasteiger partial charge in [0.15, 0.2) is 0 Å². The largest absolute Gasteiger partial charge is 0.395 e. The summed E-state index contributed by atoms with van der Waals surface area (Å²) in [6, 6.07) is 5.96. The summed E-state index contributed by atoms with van der Waals surface area (Å²) in [5.74, 6) is 0. The fourth-order valence-corrected chi connectivity index (χ4v) is 1.20. The lowest BCUT2D eigenvalue weighted by Gasteiger charge is -2.07. The number of aliphatic hydroxyl groups excluding tert-OH is 1. The van der Waals surface area contributed by atoms with Crippen LogP contribution in [0.3, 0.4) is 0 Å². The Hall–Kier alpha value is -0.670. The van der Waals surface area contributed by atoms with Gasteiger partial charge in [-0.15, -0.1) is 12.6 Å². The van der Waals surface area contributed by atoms with Crippen LogP contribution in [0.4, 0.5) is 5.69 Å². The van der Waals surface area contributed by atoms with Crippen LogP contribution in [0.25, 0.3) is 0 Å². The molecule has 0 aliphatic rings. The van der Waals surface area contributed by atoms with Crippen LogP contribution in [0.2, 0.25) is 0 Å². The van der Waals surface area contributed by atoms with E-state index in [4.69, 9.17) is 5.11 Å². The quantitative estimate of drug-likeness (QED) is 0.623. The first-order valence-corrected chi connectivity index (χ1v) is 4.33. The van der Waals surface area contributed by atoms with E-state index < -0.39 is 0 Å². The molecule has 0 unspecified atom stereocenters. The van der Waals surface area contributed by atoms with Crippen molar-refractivity contribution in [2.45, 2.75) is 11.8 Å². The molecular formula is C9H13NOS. The van der Waals surface area contributed by atoms with Crippen molar-refractivity contribution in [3.8, 4) is 0 Å². The van der Waals surface area contributed by atoms with E-state index in [1.54, 1.807) is 0 Å². The lowest BCUT2D eigenvalue weighted by Crippen LogP contribution is -2.05. The molecule has 0 saturated carbocycles. The van der Waals surface area contributed by atoms with Gasteiger partial charge in [0.25, 0.3) is 0 Å². The average Bonchev–Trinajstić information content (AvgIpc) is 2.07. The second-order valence-electron chi connectivity index (χ2n) is 2.67. The Bertz CT molecular complexity index is 263. The third-order valence-electron chi connectivity index (χ3n) is 1.58. The normalized spacial score (nSPS) is 9.92. The first-order valence-electron chi connectivity index (χ1n) is 3.88. The zero-order chi connectivity index (χ0) is 8.97. The van der Waals surface area contributed by atoms with E-state index in [9.17, 15) is 0 Å². The van der Waals surface area contributed by atoms with Gasteiger partial charge in [0.1, 0.15) is 0 Å². The van der Waals surface area contributed by atoms with Crippen LogP contribution in [0.1, 0.15) is 5.56 Å². The number of aryl methyl sites for hydroxylation is 1. The van der Waals surface area contributed by atoms with Gasteiger partial charge in [0.2, 0.25) is 0 Å². The van der Waals surface area contributed by atoms with Gasteiger partial charge in [-0.2, -0.15) is 0 Å². The monoisotopic (exact) mass is 183 g/mol. The highest BCUT2D eigenvalue weighted by atomic mass is 32.1. The van der Waals surface area contributed by atoms with Gasteiger partial charge in [0, 0.05) is 17.1 Å². The fourth-order valence-electron chi connectivity index (χ4n) is 0.982. The number of benzene rings is 1. The molecule has 0 amide bonds. The van der Waals surface area contributed by atoms with Crippen molar-refractivity contribution in [1.29, 1.82) is 0 Å². The van der Waals surface area contributed by atoms with Crippen LogP contribution >= 0.6 is 12.6 Å². The number of anilines is 1. The van der Waals surface area contributed by atoms with Gasteiger partial charge in [-0.05, 0) is 24.6 Å². The number of nitrogens with one attached hydrogen (secondary N) is 1. The highest BCUT2D eigenvalue weighted by Gasteiger charge is 1.96. The Labute approximate surface area is 78.0 Å². The SMILES string of the molecule is Cc1ccc(S)c(NCCO)c1. The Morgan fingerprint density at radius 3 is 2.92 bits per heavy atom. The fraction of sp³-hybridized carbons (Fsp3) is 0.333. The van der Waals surface area contributed by atoms with Gasteiger partial charge >= 0.3 is 0 Å². The van der Waals surface area contributed by atoms with Crippen molar-refractivity contribution < 1.29 is 5.11 Å². The third-order valence-corrected chi connectivity index (χ3v) is 1.97. The molecule has 0 spiro atoms. The van der Waals surface area contributed by atoms with E-state index >= 15 is 0 Å². The Balaban J connectivity index is 2.75. The molecule has 0 heterocycles. The molecule has 2 nitrogen and oxygen atoms in total. The highest BCUT2D eigenvalue weighted by molar-refractivity contribution is 7.80. The summed E-state index contributed by atoms with van der Waals surface area (Å²) in [6.07, 6.45) is 0. The maximum absolute atomic E-state index is 8.60. The maximum atomic E-state index is 8.60. The van der Waals surface area contributed by atoms with E-state index in [0.717, 1.165) is 10.6 Å². The van der Waals surface area contributed by atoms with E-state index in [1.165, 1.54) is 5.56 Å². The number of aliphatic hydroxyl groups is 1. The van der Waals surface area contributed by atoms with E-state index in [2.05, 4.69) is 17.9 Å². The Morgan fingerprint density at radius 1 is 1.50 bits per heavy atom. The van der Waals surface area contributed by atoms with Gasteiger partial charge in [0.05, 0.1) is 6.61 Å². The van der Waals surface area contributed by atoms with Crippen molar-refractivity contribution >= 4 is 18.3 Å². The average molecular weight is 183 g/mol. The molecule has 66 valence electrons. The molecule has 0 aliphatic carbocycles. The van der Waals surface area contributed by atoms with Crippen molar-refractivity contribution in [1.82, 2.24) is 0 Å². The van der Waals surface area contributed by atoms with Crippen molar-refractivity contribution in [2.75, 3.05) is 18.5 Å². The van der Waals surface area contributed by atoms with Crippen molar-refractivity contribution in [3.05, 3.63) is 23.8 Å². The summed E-state index contributed by atoms with van der Waals surface area (Å²) in [5.41, 5.74) is 2.17. The van der Waals surface area contributed by atoms with E-state index in [-0.39, 0.29) is 6.61 Å². The molecular weight excluding hydrogens is 170 g/mol. The molecule has 1 aromatic rings. The topological polar surface area (TPSA) is 32.3 Å². The van der Waals surface area contributed by atoms with E-state index in [1.807, 2.05) is 25.1 Å². The predicted molar refractivity (Wildman–Crippen MR) is 54.0 cm³/mol. The summed E-state index contributed by atoms with van der Waals surface area (Å²) in [4.78, 5) is 0.911. The van der Waals surface area contributed by atoms with Gasteiger partial charge in [-0.1, -0.05) is 6.07 Å². The molecule has 0 radical (unpaired) electrons. The minimum atomic E-state index is 0.140. The second-order valence-corrected chi connectivity index (χ2v) is 3.15. The highest BCUT2D eigenvalue weighted by Crippen LogP contribution is 2.20. The minimum absolute atomic E-state index is 0.140. The van der Waals surface area contributed by atoms with Crippen LogP contribution in [-0.2, 0) is 0 Å². The van der Waals surface area contributed by atoms with Crippen LogP contribution in [0.15, 0.2) is 23.1 Å². The summed E-state index contributed by atoms with van der Waals surface area (Å²) < 4.78 is 0. The number of hydrogen-bond acceptors (Lipinski definition) is 3. The standard InChI is InChI=1S/C9H13NOS/c1-7-2-3-9(12)8(6-7)10-4-5-11/h2-3,6,10-12H,4-5H2,1H3. The number of thiol groups is 1. The van der Waals surface area contributed by atoms with Crippen molar-refractivity contribution in [2.24, 2.45) is 0 Å². The Morgan fingerprint density at radius 2 is 2.25 bits per heavy atom. The molecule has 0 aromatic heterocycles. The van der Waals surface area contributed by atoms with Crippen molar-refractivity contribution in [3.63, 3.8) is 0 Å². The first kappa shape index (κ1) is 9.42. The first-order chi connectivity index (χ1) is 5.74. The summed E-state index contributed by atoms with van der Waals surface area (Å²) in [7, 11) is 0. The molecule has 1 rings (SSSR count). The van der Waals surface area contributed by atoms with Gasteiger partial charge in [-0.25, -0.2) is 0 Å². The molecule has 12 heavy (non-hydrogen) atoms. The van der Waals surface area contributed by atoms with Gasteiger partial charge in [-0.3, -0.25) is 0 Å². The molecule has 0 saturated heterocycles. The molecule has 1 aromatic carbocycles. The zero-order valence-electron chi connectivity index (χ0n) is 7.04. The summed E-state index contributed by atoms with van der Waals surface area (Å²) in [6.45, 7) is 2.73. The summed E-state index contributed by atoms with van der Waals surface area (Å²) >= 11 is 4.27. The van der Waals surface area contributed by atoms with Crippen LogP contribution < -0.4 is 5.32 Å². The molecule has 0 fully saturated rings. The Kier molecular flexibility index (Phi) is 3.44. The third kappa shape index (κ3) is 2.43. The zero-order valence-corrected chi connectivity index (χ0v) is 7.94. The summed E-state index contributed by atoms with van der Waals surface area (Å²) in [5, 5.41) is 11.7. The van der Waals surface area contributed by atoms with E-state index in [0.29, 0.717) is 6.54 Å². The lowest BCUT2D eigenvalue weighted by atomic mass is 10.2. The molecule has 0 aliphatic heterocycles. The molecule has 3 heteroatoms. The number of rotatable bonds is 3. The second kappa shape index (κ2) is 4.38. The smallest absolute Gasteiger partial charge is 0.0604 e. The van der Waals surface area contributed by atoms with Crippen LogP contribution in [0.5, 0.6) is 0 Å². The van der Waals surface area contributed by atoms with Crippen LogP contribution in [0, 0.1) is 6.92 Å².